The predicted octanol–water partition coefficient (Wildman–Crippen LogP) is 3.03. The lowest BCUT2D eigenvalue weighted by Gasteiger charge is -2.09. The van der Waals surface area contributed by atoms with E-state index in [-0.39, 0.29) is 12.5 Å². The number of nitrogens with zero attached hydrogens (tertiary/aromatic N) is 1. The second-order valence-corrected chi connectivity index (χ2v) is 5.03. The van der Waals surface area contributed by atoms with Crippen molar-refractivity contribution in [3.8, 4) is 5.75 Å². The van der Waals surface area contributed by atoms with Crippen molar-refractivity contribution in [2.45, 2.75) is 19.4 Å². The van der Waals surface area contributed by atoms with Crippen LogP contribution in [-0.4, -0.2) is 22.6 Å². The molecule has 5 nitrogen and oxygen atoms in total. The van der Waals surface area contributed by atoms with Crippen molar-refractivity contribution < 1.29 is 14.6 Å². The molecule has 0 bridgehead atoms. The molecule has 0 aliphatic rings. The fourth-order valence-electron chi connectivity index (χ4n) is 1.86. The number of rotatable bonds is 7. The molecule has 0 spiro atoms. The lowest BCUT2D eigenvalue weighted by Crippen LogP contribution is -2.14. The Morgan fingerprint density at radius 3 is 2.91 bits per heavy atom. The quantitative estimate of drug-likeness (QED) is 0.769. The molecule has 0 saturated carbocycles. The summed E-state index contributed by atoms with van der Waals surface area (Å²) in [5, 5.41) is 12.5. The fraction of sp³-hybridized carbons (Fsp3) is 0.250. The lowest BCUT2D eigenvalue weighted by atomic mass is 10.2. The molecule has 0 aliphatic carbocycles. The number of hydrogen-bond acceptors (Lipinski definition) is 4. The number of para-hydroxylation sites is 1. The second-order valence-electron chi connectivity index (χ2n) is 4.62. The van der Waals surface area contributed by atoms with Crippen LogP contribution in [0.5, 0.6) is 5.75 Å². The number of carbonyl (C=O) groups is 1. The highest BCUT2D eigenvalue weighted by Crippen LogP contribution is 2.23. The summed E-state index contributed by atoms with van der Waals surface area (Å²) in [5.74, 6) is 0.463. The van der Waals surface area contributed by atoms with Crippen LogP contribution >= 0.6 is 11.6 Å². The molecule has 116 valence electrons. The highest BCUT2D eigenvalue weighted by Gasteiger charge is 2.07. The topological polar surface area (TPSA) is 71.5 Å². The van der Waals surface area contributed by atoms with Crippen LogP contribution in [-0.2, 0) is 11.4 Å². The van der Waals surface area contributed by atoms with E-state index in [4.69, 9.17) is 16.3 Å². The zero-order valence-electron chi connectivity index (χ0n) is 12.0. The Kier molecular flexibility index (Phi) is 6.18. The maximum atomic E-state index is 11.9. The smallest absolute Gasteiger partial charge is 0.224 e. The van der Waals surface area contributed by atoms with Crippen molar-refractivity contribution in [1.29, 1.82) is 0 Å². The second kappa shape index (κ2) is 8.36. The van der Waals surface area contributed by atoms with Gasteiger partial charge in [0.1, 0.15) is 5.75 Å². The minimum absolute atomic E-state index is 0.145. The van der Waals surface area contributed by atoms with E-state index < -0.39 is 0 Å². The van der Waals surface area contributed by atoms with Gasteiger partial charge in [-0.05, 0) is 24.6 Å². The average Bonchev–Trinajstić information content (AvgIpc) is 2.53. The highest BCUT2D eigenvalue weighted by atomic mass is 35.5. The van der Waals surface area contributed by atoms with Gasteiger partial charge in [-0.3, -0.25) is 9.78 Å². The van der Waals surface area contributed by atoms with E-state index >= 15 is 0 Å². The molecule has 6 heteroatoms. The van der Waals surface area contributed by atoms with Crippen molar-refractivity contribution in [3.63, 3.8) is 0 Å². The highest BCUT2D eigenvalue weighted by molar-refractivity contribution is 6.32. The first kappa shape index (κ1) is 16.3. The van der Waals surface area contributed by atoms with Gasteiger partial charge in [-0.2, -0.15) is 0 Å². The van der Waals surface area contributed by atoms with E-state index in [1.807, 2.05) is 12.1 Å². The normalized spacial score (nSPS) is 10.3. The molecule has 0 fully saturated rings. The standard InChI is InChI=1S/C16H17ClN2O3/c17-13-4-1-2-5-15(13)22-9-3-6-16(21)19-14-10-18-8-7-12(14)11-20/h1-2,4-5,7-8,10,20H,3,6,9,11H2,(H,19,21). The van der Waals surface area contributed by atoms with Gasteiger partial charge in [0, 0.05) is 18.2 Å². The molecule has 0 saturated heterocycles. The van der Waals surface area contributed by atoms with E-state index in [2.05, 4.69) is 10.3 Å². The van der Waals surface area contributed by atoms with Crippen molar-refractivity contribution >= 4 is 23.2 Å². The number of aliphatic hydroxyl groups excluding tert-OH is 1. The molecular weight excluding hydrogens is 304 g/mol. The van der Waals surface area contributed by atoms with E-state index in [0.717, 1.165) is 0 Å². The first-order valence-electron chi connectivity index (χ1n) is 6.91. The number of aliphatic hydroxyl groups is 1. The van der Waals surface area contributed by atoms with Gasteiger partial charge in [0.25, 0.3) is 0 Å². The Morgan fingerprint density at radius 1 is 1.32 bits per heavy atom. The maximum Gasteiger partial charge on any atom is 0.224 e. The van der Waals surface area contributed by atoms with Gasteiger partial charge >= 0.3 is 0 Å². The largest absolute Gasteiger partial charge is 0.492 e. The molecule has 1 aromatic heterocycles. The summed E-state index contributed by atoms with van der Waals surface area (Å²) in [7, 11) is 0. The minimum Gasteiger partial charge on any atom is -0.492 e. The van der Waals surface area contributed by atoms with Crippen molar-refractivity contribution in [3.05, 3.63) is 53.3 Å². The molecule has 0 radical (unpaired) electrons. The number of ether oxygens (including phenoxy) is 1. The number of carbonyl (C=O) groups excluding carboxylic acids is 1. The molecule has 2 rings (SSSR count). The summed E-state index contributed by atoms with van der Waals surface area (Å²) in [6.07, 6.45) is 3.96. The lowest BCUT2D eigenvalue weighted by molar-refractivity contribution is -0.116. The zero-order valence-corrected chi connectivity index (χ0v) is 12.7. The number of halogens is 1. The Bertz CT molecular complexity index is 634. The van der Waals surface area contributed by atoms with Gasteiger partial charge in [-0.25, -0.2) is 0 Å². The SMILES string of the molecule is O=C(CCCOc1ccccc1Cl)Nc1cnccc1CO. The Morgan fingerprint density at radius 2 is 2.14 bits per heavy atom. The van der Waals surface area contributed by atoms with Gasteiger partial charge in [-0.15, -0.1) is 0 Å². The van der Waals surface area contributed by atoms with Gasteiger partial charge in [0.2, 0.25) is 5.91 Å². The molecular formula is C16H17ClN2O3. The zero-order chi connectivity index (χ0) is 15.8. The third kappa shape index (κ3) is 4.72. The maximum absolute atomic E-state index is 11.9. The van der Waals surface area contributed by atoms with Crippen LogP contribution in [0, 0.1) is 0 Å². The summed E-state index contributed by atoms with van der Waals surface area (Å²) in [6, 6.07) is 8.87. The number of nitrogens with one attached hydrogen (secondary N) is 1. The molecule has 1 heterocycles. The minimum atomic E-state index is -0.148. The van der Waals surface area contributed by atoms with Gasteiger partial charge in [0.05, 0.1) is 30.1 Å². The third-order valence-corrected chi connectivity index (χ3v) is 3.31. The molecule has 2 aromatic rings. The van der Waals surface area contributed by atoms with E-state index in [1.54, 1.807) is 24.4 Å². The predicted molar refractivity (Wildman–Crippen MR) is 85.0 cm³/mol. The van der Waals surface area contributed by atoms with E-state index in [1.165, 1.54) is 6.20 Å². The summed E-state index contributed by atoms with van der Waals surface area (Å²) < 4.78 is 5.52. The van der Waals surface area contributed by atoms with Crippen molar-refractivity contribution in [1.82, 2.24) is 4.98 Å². The molecule has 0 aliphatic heterocycles. The fourth-order valence-corrected chi connectivity index (χ4v) is 2.05. The molecule has 0 atom stereocenters. The monoisotopic (exact) mass is 320 g/mol. The van der Waals surface area contributed by atoms with Crippen molar-refractivity contribution in [2.24, 2.45) is 0 Å². The number of anilines is 1. The summed E-state index contributed by atoms with van der Waals surface area (Å²) in [5.41, 5.74) is 1.16. The molecule has 22 heavy (non-hydrogen) atoms. The van der Waals surface area contributed by atoms with Crippen LogP contribution in [0.25, 0.3) is 0 Å². The van der Waals surface area contributed by atoms with Crippen LogP contribution < -0.4 is 10.1 Å². The Balaban J connectivity index is 1.75. The Hall–Kier alpha value is -2.11. The molecule has 1 amide bonds. The van der Waals surface area contributed by atoms with Crippen molar-refractivity contribution in [2.75, 3.05) is 11.9 Å². The molecule has 0 unspecified atom stereocenters. The van der Waals surface area contributed by atoms with Gasteiger partial charge < -0.3 is 15.2 Å². The summed E-state index contributed by atoms with van der Waals surface area (Å²) in [6.45, 7) is 0.255. The van der Waals surface area contributed by atoms with E-state index in [0.29, 0.717) is 41.5 Å². The number of aromatic nitrogens is 1. The van der Waals surface area contributed by atoms with Gasteiger partial charge in [0.15, 0.2) is 0 Å². The third-order valence-electron chi connectivity index (χ3n) is 3.00. The summed E-state index contributed by atoms with van der Waals surface area (Å²) >= 11 is 5.97. The van der Waals surface area contributed by atoms with Crippen LogP contribution in [0.4, 0.5) is 5.69 Å². The average molecular weight is 321 g/mol. The first-order chi connectivity index (χ1) is 10.7. The summed E-state index contributed by atoms with van der Waals surface area (Å²) in [4.78, 5) is 15.8. The Labute approximate surface area is 133 Å². The van der Waals surface area contributed by atoms with Crippen LogP contribution in [0.3, 0.4) is 0 Å². The van der Waals surface area contributed by atoms with Crippen LogP contribution in [0.1, 0.15) is 18.4 Å². The van der Waals surface area contributed by atoms with E-state index in [9.17, 15) is 9.90 Å². The van der Waals surface area contributed by atoms with Crippen LogP contribution in [0.15, 0.2) is 42.7 Å². The number of amides is 1. The molecule has 2 N–H and O–H groups in total. The number of hydrogen-bond donors (Lipinski definition) is 2. The molecule has 1 aromatic carbocycles. The van der Waals surface area contributed by atoms with Gasteiger partial charge in [-0.1, -0.05) is 23.7 Å². The van der Waals surface area contributed by atoms with Crippen LogP contribution in [0.2, 0.25) is 5.02 Å². The first-order valence-corrected chi connectivity index (χ1v) is 7.29. The number of benzene rings is 1. The number of pyridine rings is 1.